The lowest BCUT2D eigenvalue weighted by molar-refractivity contribution is -0.138. The van der Waals surface area contributed by atoms with Crippen LogP contribution in [0.3, 0.4) is 0 Å². The van der Waals surface area contributed by atoms with Gasteiger partial charge in [-0.25, -0.2) is 9.18 Å². The highest BCUT2D eigenvalue weighted by Crippen LogP contribution is 2.28. The second-order valence-corrected chi connectivity index (χ2v) is 6.69. The van der Waals surface area contributed by atoms with Gasteiger partial charge in [0.1, 0.15) is 10.7 Å². The number of carbonyl (C=O) groups is 3. The molecular weight excluding hydrogens is 371 g/mol. The summed E-state index contributed by atoms with van der Waals surface area (Å²) in [6.45, 7) is 3.84. The Bertz CT molecular complexity index is 804. The molecular formula is C19H21FN2O4S. The van der Waals surface area contributed by atoms with Crippen LogP contribution in [-0.2, 0) is 14.3 Å². The molecule has 1 heterocycles. The van der Waals surface area contributed by atoms with E-state index in [0.717, 1.165) is 10.4 Å². The van der Waals surface area contributed by atoms with Crippen LogP contribution in [-0.4, -0.2) is 48.9 Å². The molecule has 0 aliphatic carbocycles. The molecule has 8 heteroatoms. The van der Waals surface area contributed by atoms with Gasteiger partial charge in [-0.2, -0.15) is 0 Å². The molecule has 1 aromatic heterocycles. The average Bonchev–Trinajstić information content (AvgIpc) is 3.15. The highest BCUT2D eigenvalue weighted by molar-refractivity contribution is 7.17. The first kappa shape index (κ1) is 20.6. The SMILES string of the molecule is CCNC(=O)CN(CC)C(=O)COC(=O)c1ccc(-c2ccc(F)cc2)s1. The quantitative estimate of drug-likeness (QED) is 0.701. The summed E-state index contributed by atoms with van der Waals surface area (Å²) in [7, 11) is 0. The fourth-order valence-corrected chi connectivity index (χ4v) is 3.21. The van der Waals surface area contributed by atoms with Gasteiger partial charge < -0.3 is 15.0 Å². The predicted octanol–water partition coefficient (Wildman–Crippen LogP) is 2.70. The highest BCUT2D eigenvalue weighted by atomic mass is 32.1. The molecule has 2 rings (SSSR count). The first-order chi connectivity index (χ1) is 12.9. The van der Waals surface area contributed by atoms with Crippen molar-refractivity contribution in [3.05, 3.63) is 47.1 Å². The number of hydrogen-bond acceptors (Lipinski definition) is 5. The summed E-state index contributed by atoms with van der Waals surface area (Å²) in [6.07, 6.45) is 0. The van der Waals surface area contributed by atoms with Crippen molar-refractivity contribution in [2.45, 2.75) is 13.8 Å². The lowest BCUT2D eigenvalue weighted by atomic mass is 10.2. The van der Waals surface area contributed by atoms with E-state index in [-0.39, 0.29) is 18.3 Å². The number of ether oxygens (including phenoxy) is 1. The van der Waals surface area contributed by atoms with E-state index in [1.165, 1.54) is 28.4 Å². The van der Waals surface area contributed by atoms with Gasteiger partial charge in [0.15, 0.2) is 6.61 Å². The first-order valence-electron chi connectivity index (χ1n) is 8.52. The zero-order chi connectivity index (χ0) is 19.8. The molecule has 0 spiro atoms. The van der Waals surface area contributed by atoms with Gasteiger partial charge in [0, 0.05) is 18.0 Å². The zero-order valence-corrected chi connectivity index (χ0v) is 16.0. The van der Waals surface area contributed by atoms with Crippen molar-refractivity contribution in [2.24, 2.45) is 0 Å². The summed E-state index contributed by atoms with van der Waals surface area (Å²) in [5, 5.41) is 2.62. The Labute approximate surface area is 160 Å². The number of nitrogens with zero attached hydrogens (tertiary/aromatic N) is 1. The van der Waals surface area contributed by atoms with E-state index >= 15 is 0 Å². The molecule has 0 saturated carbocycles. The van der Waals surface area contributed by atoms with Crippen LogP contribution in [0, 0.1) is 5.82 Å². The summed E-state index contributed by atoms with van der Waals surface area (Å²) in [6, 6.07) is 9.28. The number of likely N-dealkylation sites (N-methyl/N-ethyl adjacent to an activating group) is 2. The molecule has 0 aliphatic heterocycles. The topological polar surface area (TPSA) is 75.7 Å². The van der Waals surface area contributed by atoms with Gasteiger partial charge in [-0.3, -0.25) is 9.59 Å². The second kappa shape index (κ2) is 9.82. The minimum Gasteiger partial charge on any atom is -0.451 e. The van der Waals surface area contributed by atoms with E-state index in [1.54, 1.807) is 38.1 Å². The van der Waals surface area contributed by atoms with Gasteiger partial charge >= 0.3 is 5.97 Å². The summed E-state index contributed by atoms with van der Waals surface area (Å²) < 4.78 is 18.1. The second-order valence-electron chi connectivity index (χ2n) is 5.61. The van der Waals surface area contributed by atoms with Gasteiger partial charge in [0.25, 0.3) is 5.91 Å². The van der Waals surface area contributed by atoms with E-state index in [0.29, 0.717) is 18.0 Å². The van der Waals surface area contributed by atoms with Crippen LogP contribution in [0.25, 0.3) is 10.4 Å². The van der Waals surface area contributed by atoms with Gasteiger partial charge in [0.05, 0.1) is 6.54 Å². The van der Waals surface area contributed by atoms with E-state index < -0.39 is 18.5 Å². The third-order valence-electron chi connectivity index (χ3n) is 3.71. The Morgan fingerprint density at radius 2 is 1.81 bits per heavy atom. The third kappa shape index (κ3) is 5.89. The minimum absolute atomic E-state index is 0.0750. The number of esters is 1. The first-order valence-corrected chi connectivity index (χ1v) is 9.33. The maximum absolute atomic E-state index is 13.0. The molecule has 0 bridgehead atoms. The molecule has 0 atom stereocenters. The Morgan fingerprint density at radius 1 is 1.11 bits per heavy atom. The number of carbonyl (C=O) groups excluding carboxylic acids is 3. The van der Waals surface area contributed by atoms with Crippen LogP contribution in [0.15, 0.2) is 36.4 Å². The van der Waals surface area contributed by atoms with Crippen molar-refractivity contribution < 1.29 is 23.5 Å². The van der Waals surface area contributed by atoms with Crippen molar-refractivity contribution in [1.29, 1.82) is 0 Å². The van der Waals surface area contributed by atoms with Gasteiger partial charge in [-0.15, -0.1) is 11.3 Å². The Kier molecular flexibility index (Phi) is 7.48. The number of thiophene rings is 1. The summed E-state index contributed by atoms with van der Waals surface area (Å²) in [4.78, 5) is 38.4. The molecule has 0 aliphatic rings. The smallest absolute Gasteiger partial charge is 0.348 e. The van der Waals surface area contributed by atoms with Crippen molar-refractivity contribution in [3.8, 4) is 10.4 Å². The van der Waals surface area contributed by atoms with Gasteiger partial charge in [-0.1, -0.05) is 12.1 Å². The lowest BCUT2D eigenvalue weighted by Crippen LogP contribution is -2.42. The monoisotopic (exact) mass is 392 g/mol. The molecule has 27 heavy (non-hydrogen) atoms. The fourth-order valence-electron chi connectivity index (χ4n) is 2.31. The Morgan fingerprint density at radius 3 is 2.44 bits per heavy atom. The summed E-state index contributed by atoms with van der Waals surface area (Å²) in [5.74, 6) is -1.65. The van der Waals surface area contributed by atoms with E-state index in [2.05, 4.69) is 5.32 Å². The fraction of sp³-hybridized carbons (Fsp3) is 0.316. The minimum atomic E-state index is -0.615. The molecule has 0 unspecified atom stereocenters. The number of rotatable bonds is 8. The third-order valence-corrected chi connectivity index (χ3v) is 4.82. The molecule has 0 saturated heterocycles. The number of nitrogens with one attached hydrogen (secondary N) is 1. The molecule has 1 aromatic carbocycles. The molecule has 144 valence electrons. The van der Waals surface area contributed by atoms with E-state index in [4.69, 9.17) is 4.74 Å². The molecule has 2 aromatic rings. The van der Waals surface area contributed by atoms with Crippen molar-refractivity contribution >= 4 is 29.1 Å². The summed E-state index contributed by atoms with van der Waals surface area (Å²) in [5.41, 5.74) is 0.788. The van der Waals surface area contributed by atoms with Crippen LogP contribution >= 0.6 is 11.3 Å². The van der Waals surface area contributed by atoms with Gasteiger partial charge in [0.2, 0.25) is 5.91 Å². The van der Waals surface area contributed by atoms with Crippen molar-refractivity contribution in [2.75, 3.05) is 26.2 Å². The summed E-state index contributed by atoms with van der Waals surface area (Å²) >= 11 is 1.20. The van der Waals surface area contributed by atoms with E-state index in [1.807, 2.05) is 0 Å². The average molecular weight is 392 g/mol. The number of amides is 2. The Balaban J connectivity index is 1.92. The number of benzene rings is 1. The van der Waals surface area contributed by atoms with Crippen molar-refractivity contribution in [1.82, 2.24) is 10.2 Å². The lowest BCUT2D eigenvalue weighted by Gasteiger charge is -2.19. The molecule has 1 N–H and O–H groups in total. The number of hydrogen-bond donors (Lipinski definition) is 1. The normalized spacial score (nSPS) is 10.3. The molecule has 6 nitrogen and oxygen atoms in total. The van der Waals surface area contributed by atoms with Gasteiger partial charge in [-0.05, 0) is 43.7 Å². The highest BCUT2D eigenvalue weighted by Gasteiger charge is 2.18. The molecule has 2 amide bonds. The van der Waals surface area contributed by atoms with Crippen LogP contribution in [0.1, 0.15) is 23.5 Å². The zero-order valence-electron chi connectivity index (χ0n) is 15.2. The standard InChI is InChI=1S/C19H21FN2O4S/c1-3-21-17(23)11-22(4-2)18(24)12-26-19(25)16-10-9-15(27-16)13-5-7-14(20)8-6-13/h5-10H,3-4,11-12H2,1-2H3,(H,21,23). The van der Waals surface area contributed by atoms with Crippen LogP contribution in [0.5, 0.6) is 0 Å². The van der Waals surface area contributed by atoms with Crippen molar-refractivity contribution in [3.63, 3.8) is 0 Å². The molecule has 0 fully saturated rings. The number of halogens is 1. The largest absolute Gasteiger partial charge is 0.451 e. The Hall–Kier alpha value is -2.74. The van der Waals surface area contributed by atoms with Crippen LogP contribution < -0.4 is 5.32 Å². The predicted molar refractivity (Wildman–Crippen MR) is 101 cm³/mol. The maximum atomic E-state index is 13.0. The van der Waals surface area contributed by atoms with Crippen LogP contribution in [0.2, 0.25) is 0 Å². The molecule has 0 radical (unpaired) electrons. The van der Waals surface area contributed by atoms with E-state index in [9.17, 15) is 18.8 Å². The maximum Gasteiger partial charge on any atom is 0.348 e. The van der Waals surface area contributed by atoms with Crippen LogP contribution in [0.4, 0.5) is 4.39 Å².